The third-order valence-corrected chi connectivity index (χ3v) is 5.47. The summed E-state index contributed by atoms with van der Waals surface area (Å²) >= 11 is 6.15. The van der Waals surface area contributed by atoms with Crippen molar-refractivity contribution in [2.45, 2.75) is 25.2 Å². The molecule has 5 heteroatoms. The smallest absolute Gasteiger partial charge is 0.226 e. The number of hydrogen-bond donors (Lipinski definition) is 1. The quantitative estimate of drug-likeness (QED) is 0.698. The molecule has 2 heterocycles. The molecule has 1 aliphatic rings. The number of nitrogens with zero attached hydrogens (tertiary/aromatic N) is 1. The number of aromatic amines is 1. The van der Waals surface area contributed by atoms with Crippen LogP contribution in [-0.4, -0.2) is 28.9 Å². The number of rotatable bonds is 3. The number of aromatic nitrogens is 1. The van der Waals surface area contributed by atoms with Crippen LogP contribution in [-0.2, 0) is 11.2 Å². The van der Waals surface area contributed by atoms with Gasteiger partial charge in [-0.2, -0.15) is 0 Å². The summed E-state index contributed by atoms with van der Waals surface area (Å²) in [4.78, 5) is 17.7. The number of fused-ring (bicyclic) bond motifs is 1. The lowest BCUT2D eigenvalue weighted by Crippen LogP contribution is -2.38. The molecule has 1 saturated heterocycles. The molecule has 1 aliphatic heterocycles. The standard InChI is InChI=1S/C21H20ClFN2O/c22-16-3-6-20-18(12-16)19(13-24-20)15-7-9-25(10-8-15)21(26)11-14-1-4-17(23)5-2-14/h1-6,12-13,15,24H,7-11H2. The van der Waals surface area contributed by atoms with Crippen LogP contribution in [0, 0.1) is 5.82 Å². The summed E-state index contributed by atoms with van der Waals surface area (Å²) in [7, 11) is 0. The first-order valence-electron chi connectivity index (χ1n) is 8.89. The summed E-state index contributed by atoms with van der Waals surface area (Å²) in [6.07, 6.45) is 4.28. The molecule has 1 amide bonds. The summed E-state index contributed by atoms with van der Waals surface area (Å²) < 4.78 is 13.0. The van der Waals surface area contributed by atoms with Crippen molar-refractivity contribution in [1.29, 1.82) is 0 Å². The van der Waals surface area contributed by atoms with Crippen molar-refractivity contribution in [1.82, 2.24) is 9.88 Å². The fourth-order valence-electron chi connectivity index (χ4n) is 3.78. The van der Waals surface area contributed by atoms with Crippen molar-refractivity contribution >= 4 is 28.4 Å². The first kappa shape index (κ1) is 17.1. The number of carbonyl (C=O) groups is 1. The first-order valence-corrected chi connectivity index (χ1v) is 9.27. The zero-order valence-corrected chi connectivity index (χ0v) is 15.1. The Labute approximate surface area is 156 Å². The Morgan fingerprint density at radius 1 is 1.15 bits per heavy atom. The highest BCUT2D eigenvalue weighted by atomic mass is 35.5. The number of benzene rings is 2. The SMILES string of the molecule is O=C(Cc1ccc(F)cc1)N1CCC(c2c[nH]c3ccc(Cl)cc23)CC1. The summed E-state index contributed by atoms with van der Waals surface area (Å²) in [5.41, 5.74) is 3.23. The predicted molar refractivity (Wildman–Crippen MR) is 102 cm³/mol. The molecular formula is C21H20ClFN2O. The second-order valence-electron chi connectivity index (χ2n) is 6.89. The minimum absolute atomic E-state index is 0.108. The highest BCUT2D eigenvalue weighted by Crippen LogP contribution is 2.34. The van der Waals surface area contributed by atoms with E-state index in [-0.39, 0.29) is 11.7 Å². The number of hydrogen-bond acceptors (Lipinski definition) is 1. The fourth-order valence-corrected chi connectivity index (χ4v) is 3.95. The van der Waals surface area contributed by atoms with Crippen molar-refractivity contribution in [2.75, 3.05) is 13.1 Å². The van der Waals surface area contributed by atoms with Crippen LogP contribution in [0.25, 0.3) is 10.9 Å². The molecular weight excluding hydrogens is 351 g/mol. The van der Waals surface area contributed by atoms with E-state index in [0.717, 1.165) is 42.0 Å². The average Bonchev–Trinajstić information content (AvgIpc) is 3.06. The molecule has 3 nitrogen and oxygen atoms in total. The number of nitrogens with one attached hydrogen (secondary N) is 1. The maximum absolute atomic E-state index is 13.0. The Bertz CT molecular complexity index is 927. The molecule has 134 valence electrons. The van der Waals surface area contributed by atoms with Gasteiger partial charge >= 0.3 is 0 Å². The summed E-state index contributed by atoms with van der Waals surface area (Å²) in [6.45, 7) is 1.50. The van der Waals surface area contributed by atoms with E-state index in [1.54, 1.807) is 12.1 Å². The molecule has 0 aliphatic carbocycles. The molecule has 0 atom stereocenters. The topological polar surface area (TPSA) is 36.1 Å². The fraction of sp³-hybridized carbons (Fsp3) is 0.286. The first-order chi connectivity index (χ1) is 12.6. The molecule has 0 unspecified atom stereocenters. The van der Waals surface area contributed by atoms with E-state index in [1.807, 2.05) is 23.1 Å². The van der Waals surface area contributed by atoms with Crippen molar-refractivity contribution < 1.29 is 9.18 Å². The van der Waals surface area contributed by atoms with Crippen molar-refractivity contribution in [2.24, 2.45) is 0 Å². The van der Waals surface area contributed by atoms with E-state index in [0.29, 0.717) is 12.3 Å². The van der Waals surface area contributed by atoms with Crippen molar-refractivity contribution in [3.8, 4) is 0 Å². The minimum atomic E-state index is -0.277. The van der Waals surface area contributed by atoms with Crippen LogP contribution in [0.15, 0.2) is 48.7 Å². The van der Waals surface area contributed by atoms with Crippen LogP contribution in [0.4, 0.5) is 4.39 Å². The monoisotopic (exact) mass is 370 g/mol. The molecule has 1 fully saturated rings. The lowest BCUT2D eigenvalue weighted by Gasteiger charge is -2.32. The second-order valence-corrected chi connectivity index (χ2v) is 7.33. The highest BCUT2D eigenvalue weighted by Gasteiger charge is 2.25. The van der Waals surface area contributed by atoms with Gasteiger partial charge in [-0.3, -0.25) is 4.79 Å². The molecule has 0 saturated carbocycles. The summed E-state index contributed by atoms with van der Waals surface area (Å²) in [5, 5.41) is 1.92. The molecule has 3 aromatic rings. The number of likely N-dealkylation sites (tertiary alicyclic amines) is 1. The predicted octanol–water partition coefficient (Wildman–Crippen LogP) is 4.91. The number of halogens is 2. The van der Waals surface area contributed by atoms with Gasteiger partial charge in [0, 0.05) is 35.2 Å². The van der Waals surface area contributed by atoms with Crippen LogP contribution in [0.2, 0.25) is 5.02 Å². The van der Waals surface area contributed by atoms with Gasteiger partial charge < -0.3 is 9.88 Å². The van der Waals surface area contributed by atoms with Crippen molar-refractivity contribution in [3.63, 3.8) is 0 Å². The Hall–Kier alpha value is -2.33. The molecule has 1 aromatic heterocycles. The lowest BCUT2D eigenvalue weighted by molar-refractivity contribution is -0.131. The molecule has 2 aromatic carbocycles. The van der Waals surface area contributed by atoms with E-state index in [4.69, 9.17) is 11.6 Å². The Kier molecular flexibility index (Phi) is 4.68. The Morgan fingerprint density at radius 3 is 2.62 bits per heavy atom. The van der Waals surface area contributed by atoms with Gasteiger partial charge in [-0.05, 0) is 60.2 Å². The zero-order valence-electron chi connectivity index (χ0n) is 14.3. The summed E-state index contributed by atoms with van der Waals surface area (Å²) in [6, 6.07) is 12.1. The van der Waals surface area contributed by atoms with Gasteiger partial charge in [-0.15, -0.1) is 0 Å². The molecule has 0 bridgehead atoms. The normalized spacial score (nSPS) is 15.5. The maximum Gasteiger partial charge on any atom is 0.226 e. The Morgan fingerprint density at radius 2 is 1.88 bits per heavy atom. The molecule has 0 spiro atoms. The Balaban J connectivity index is 1.41. The van der Waals surface area contributed by atoms with Crippen LogP contribution >= 0.6 is 11.6 Å². The van der Waals surface area contributed by atoms with Gasteiger partial charge in [-0.1, -0.05) is 23.7 Å². The molecule has 0 radical (unpaired) electrons. The number of piperidine rings is 1. The number of carbonyl (C=O) groups excluding carboxylic acids is 1. The third-order valence-electron chi connectivity index (χ3n) is 5.23. The van der Waals surface area contributed by atoms with Crippen LogP contribution in [0.3, 0.4) is 0 Å². The molecule has 4 rings (SSSR count). The highest BCUT2D eigenvalue weighted by molar-refractivity contribution is 6.31. The van der Waals surface area contributed by atoms with E-state index < -0.39 is 0 Å². The van der Waals surface area contributed by atoms with E-state index in [9.17, 15) is 9.18 Å². The van der Waals surface area contributed by atoms with Crippen molar-refractivity contribution in [3.05, 3.63) is 70.6 Å². The largest absolute Gasteiger partial charge is 0.361 e. The van der Waals surface area contributed by atoms with Gasteiger partial charge in [0.2, 0.25) is 5.91 Å². The van der Waals surface area contributed by atoms with Gasteiger partial charge in [0.15, 0.2) is 0 Å². The van der Waals surface area contributed by atoms with E-state index in [1.165, 1.54) is 23.1 Å². The van der Waals surface area contributed by atoms with Crippen LogP contribution < -0.4 is 0 Å². The number of H-pyrrole nitrogens is 1. The third kappa shape index (κ3) is 3.47. The average molecular weight is 371 g/mol. The van der Waals surface area contributed by atoms with Gasteiger partial charge in [0.25, 0.3) is 0 Å². The molecule has 26 heavy (non-hydrogen) atoms. The second kappa shape index (κ2) is 7.12. The zero-order chi connectivity index (χ0) is 18.1. The van der Waals surface area contributed by atoms with E-state index in [2.05, 4.69) is 11.2 Å². The maximum atomic E-state index is 13.0. The van der Waals surface area contributed by atoms with Crippen LogP contribution in [0.5, 0.6) is 0 Å². The van der Waals surface area contributed by atoms with Crippen LogP contribution in [0.1, 0.15) is 29.9 Å². The molecule has 1 N–H and O–H groups in total. The van der Waals surface area contributed by atoms with E-state index >= 15 is 0 Å². The minimum Gasteiger partial charge on any atom is -0.361 e. The lowest BCUT2D eigenvalue weighted by atomic mass is 9.89. The number of amides is 1. The van der Waals surface area contributed by atoms with Gasteiger partial charge in [0.1, 0.15) is 5.82 Å². The summed E-state index contributed by atoms with van der Waals surface area (Å²) in [5.74, 6) is 0.259. The van der Waals surface area contributed by atoms with Gasteiger partial charge in [0.05, 0.1) is 6.42 Å². The van der Waals surface area contributed by atoms with Gasteiger partial charge in [-0.25, -0.2) is 4.39 Å².